The van der Waals surface area contributed by atoms with Gasteiger partial charge >= 0.3 is 12.1 Å². The van der Waals surface area contributed by atoms with Gasteiger partial charge in [-0.25, -0.2) is 4.79 Å². The number of amides is 1. The van der Waals surface area contributed by atoms with Crippen LogP contribution in [0.5, 0.6) is 11.5 Å². The third-order valence-corrected chi connectivity index (χ3v) is 5.95. The number of carbonyl (C=O) groups excluding carboxylic acids is 3. The van der Waals surface area contributed by atoms with Gasteiger partial charge in [0.15, 0.2) is 18.2 Å². The van der Waals surface area contributed by atoms with Crippen molar-refractivity contribution >= 4 is 17.8 Å². The van der Waals surface area contributed by atoms with Crippen LogP contribution in [0.1, 0.15) is 25.3 Å². The molecule has 2 aromatic carbocycles. The first kappa shape index (κ1) is 25.4. The molecule has 0 spiro atoms. The fourth-order valence-corrected chi connectivity index (χ4v) is 4.29. The number of hydrogen-bond acceptors (Lipinski definition) is 8. The summed E-state index contributed by atoms with van der Waals surface area (Å²) < 4.78 is 27.4. The van der Waals surface area contributed by atoms with E-state index in [1.54, 1.807) is 43.5 Å². The molecule has 0 aromatic heterocycles. The van der Waals surface area contributed by atoms with Crippen LogP contribution in [0.25, 0.3) is 0 Å². The Hall–Kier alpha value is -3.69. The third-order valence-electron chi connectivity index (χ3n) is 5.95. The first-order valence-corrected chi connectivity index (χ1v) is 11.8. The Morgan fingerprint density at radius 2 is 1.69 bits per heavy atom. The summed E-state index contributed by atoms with van der Waals surface area (Å²) >= 11 is 0. The summed E-state index contributed by atoms with van der Waals surface area (Å²) in [6.45, 7) is 2.23. The molecule has 1 saturated heterocycles. The molecule has 1 amide bonds. The number of benzene rings is 2. The number of nitrogens with zero attached hydrogens (tertiary/aromatic N) is 1. The Bertz CT molecular complexity index is 1090. The van der Waals surface area contributed by atoms with Crippen LogP contribution in [0.15, 0.2) is 66.4 Å². The molecule has 1 fully saturated rings. The van der Waals surface area contributed by atoms with Crippen LogP contribution >= 0.6 is 0 Å². The Kier molecular flexibility index (Phi) is 8.35. The third kappa shape index (κ3) is 6.30. The van der Waals surface area contributed by atoms with Crippen LogP contribution in [0.3, 0.4) is 0 Å². The zero-order chi connectivity index (χ0) is 25.5. The molecule has 36 heavy (non-hydrogen) atoms. The normalized spacial score (nSPS) is 20.1. The van der Waals surface area contributed by atoms with E-state index >= 15 is 0 Å². The fraction of sp³-hybridized carbons (Fsp3) is 0.370. The van der Waals surface area contributed by atoms with Crippen LogP contribution < -0.4 is 9.47 Å². The molecule has 0 aliphatic carbocycles. The first-order chi connectivity index (χ1) is 17.4. The van der Waals surface area contributed by atoms with Gasteiger partial charge in [0.25, 0.3) is 0 Å². The van der Waals surface area contributed by atoms with Crippen molar-refractivity contribution in [1.82, 2.24) is 4.90 Å². The van der Waals surface area contributed by atoms with Crippen molar-refractivity contribution in [3.05, 3.63) is 71.9 Å². The van der Waals surface area contributed by atoms with E-state index in [-0.39, 0.29) is 6.42 Å². The smallest absolute Gasteiger partial charge is 0.419 e. The van der Waals surface area contributed by atoms with Gasteiger partial charge in [-0.3, -0.25) is 14.5 Å². The standard InChI is InChI=1S/C27H29NO8/c1-18(29)35-26-23(16-19-8-11-21(32-2)12-9-19)28(27(31)36-22-6-4-3-5-7-22)20(17-24(26)30)10-13-25-33-14-15-34-25/h3-9,11-12,17,23,25-26H,10,13-16H2,1-2H3/t23-,26+/m0/s1. The highest BCUT2D eigenvalue weighted by molar-refractivity contribution is 5.98. The van der Waals surface area contributed by atoms with Crippen molar-refractivity contribution in [2.24, 2.45) is 0 Å². The van der Waals surface area contributed by atoms with Crippen molar-refractivity contribution in [3.63, 3.8) is 0 Å². The zero-order valence-corrected chi connectivity index (χ0v) is 20.3. The maximum Gasteiger partial charge on any atom is 0.419 e. The molecule has 2 aliphatic rings. The lowest BCUT2D eigenvalue weighted by molar-refractivity contribution is -0.155. The lowest BCUT2D eigenvalue weighted by Gasteiger charge is -2.39. The minimum Gasteiger partial charge on any atom is -0.497 e. The Morgan fingerprint density at radius 3 is 2.33 bits per heavy atom. The highest BCUT2D eigenvalue weighted by Gasteiger charge is 2.43. The summed E-state index contributed by atoms with van der Waals surface area (Å²) in [5, 5.41) is 0. The number of allylic oxidation sites excluding steroid dienone is 1. The monoisotopic (exact) mass is 495 g/mol. The topological polar surface area (TPSA) is 101 Å². The lowest BCUT2D eigenvalue weighted by atomic mass is 9.91. The summed E-state index contributed by atoms with van der Waals surface area (Å²) in [5.41, 5.74) is 1.27. The Balaban J connectivity index is 1.67. The Labute approximate surface area is 209 Å². The predicted octanol–water partition coefficient (Wildman–Crippen LogP) is 3.66. The molecule has 4 rings (SSSR count). The van der Waals surface area contributed by atoms with Gasteiger partial charge in [-0.1, -0.05) is 30.3 Å². The van der Waals surface area contributed by atoms with Crippen molar-refractivity contribution in [1.29, 1.82) is 0 Å². The van der Waals surface area contributed by atoms with Crippen molar-refractivity contribution in [2.45, 2.75) is 44.6 Å². The van der Waals surface area contributed by atoms with Gasteiger partial charge in [-0.05, 0) is 42.7 Å². The van der Waals surface area contributed by atoms with Crippen LogP contribution in [-0.4, -0.2) is 61.5 Å². The van der Waals surface area contributed by atoms with Gasteiger partial charge in [0.05, 0.1) is 26.4 Å². The number of methoxy groups -OCH3 is 1. The average molecular weight is 496 g/mol. The van der Waals surface area contributed by atoms with E-state index in [4.69, 9.17) is 23.7 Å². The van der Waals surface area contributed by atoms with Crippen LogP contribution in [0.4, 0.5) is 4.79 Å². The van der Waals surface area contributed by atoms with Crippen LogP contribution in [-0.2, 0) is 30.2 Å². The average Bonchev–Trinajstić information content (AvgIpc) is 3.39. The number of ketones is 1. The maximum atomic E-state index is 13.5. The van der Waals surface area contributed by atoms with E-state index in [0.29, 0.717) is 43.3 Å². The molecule has 0 saturated carbocycles. The van der Waals surface area contributed by atoms with E-state index in [1.165, 1.54) is 17.9 Å². The van der Waals surface area contributed by atoms with E-state index in [2.05, 4.69) is 0 Å². The van der Waals surface area contributed by atoms with Gasteiger partial charge in [0, 0.05) is 25.1 Å². The largest absolute Gasteiger partial charge is 0.497 e. The number of para-hydroxylation sites is 1. The van der Waals surface area contributed by atoms with Gasteiger partial charge in [-0.2, -0.15) is 0 Å². The number of esters is 1. The van der Waals surface area contributed by atoms with Crippen molar-refractivity contribution in [2.75, 3.05) is 20.3 Å². The second-order valence-electron chi connectivity index (χ2n) is 8.45. The molecular formula is C27H29NO8. The second-order valence-corrected chi connectivity index (χ2v) is 8.45. The Morgan fingerprint density at radius 1 is 1.00 bits per heavy atom. The predicted molar refractivity (Wildman–Crippen MR) is 128 cm³/mol. The van der Waals surface area contributed by atoms with E-state index in [0.717, 1.165) is 5.56 Å². The first-order valence-electron chi connectivity index (χ1n) is 11.8. The SMILES string of the molecule is COc1ccc(C[C@H]2[C@@H](OC(C)=O)C(=O)C=C(CCC3OCCO3)N2C(=O)Oc2ccccc2)cc1. The molecule has 2 aliphatic heterocycles. The summed E-state index contributed by atoms with van der Waals surface area (Å²) in [6.07, 6.45) is 0.0808. The molecule has 9 nitrogen and oxygen atoms in total. The molecule has 9 heteroatoms. The summed E-state index contributed by atoms with van der Waals surface area (Å²) in [5.74, 6) is 0.0192. The minimum absolute atomic E-state index is 0.241. The molecule has 0 N–H and O–H groups in total. The summed E-state index contributed by atoms with van der Waals surface area (Å²) in [4.78, 5) is 40.0. The van der Waals surface area contributed by atoms with Gasteiger partial charge < -0.3 is 23.7 Å². The van der Waals surface area contributed by atoms with Gasteiger partial charge in [0.2, 0.25) is 0 Å². The minimum atomic E-state index is -1.18. The number of ether oxygens (including phenoxy) is 5. The molecule has 2 heterocycles. The fourth-order valence-electron chi connectivity index (χ4n) is 4.29. The second kappa shape index (κ2) is 11.8. The summed E-state index contributed by atoms with van der Waals surface area (Å²) in [6, 6.07) is 15.1. The van der Waals surface area contributed by atoms with E-state index in [9.17, 15) is 14.4 Å². The molecule has 2 atom stereocenters. The molecule has 0 radical (unpaired) electrons. The zero-order valence-electron chi connectivity index (χ0n) is 20.3. The van der Waals surface area contributed by atoms with Crippen LogP contribution in [0.2, 0.25) is 0 Å². The maximum absolute atomic E-state index is 13.5. The van der Waals surface area contributed by atoms with Gasteiger partial charge in [0.1, 0.15) is 11.5 Å². The highest BCUT2D eigenvalue weighted by Crippen LogP contribution is 2.30. The van der Waals surface area contributed by atoms with Crippen molar-refractivity contribution < 1.29 is 38.1 Å². The van der Waals surface area contributed by atoms with Crippen molar-refractivity contribution in [3.8, 4) is 11.5 Å². The lowest BCUT2D eigenvalue weighted by Crippen LogP contribution is -2.55. The van der Waals surface area contributed by atoms with E-state index < -0.39 is 36.3 Å². The molecule has 2 aromatic rings. The quantitative estimate of drug-likeness (QED) is 0.512. The molecule has 0 bridgehead atoms. The number of rotatable bonds is 8. The molecule has 190 valence electrons. The summed E-state index contributed by atoms with van der Waals surface area (Å²) in [7, 11) is 1.57. The highest BCUT2D eigenvalue weighted by atomic mass is 16.7. The number of hydrogen-bond donors (Lipinski definition) is 0. The van der Waals surface area contributed by atoms with E-state index in [1.807, 2.05) is 18.2 Å². The van der Waals surface area contributed by atoms with Gasteiger partial charge in [-0.15, -0.1) is 0 Å². The molecule has 0 unspecified atom stereocenters. The number of carbonyl (C=O) groups is 3. The van der Waals surface area contributed by atoms with Crippen LogP contribution in [0, 0.1) is 0 Å². The molecular weight excluding hydrogens is 466 g/mol.